The van der Waals surface area contributed by atoms with E-state index >= 15 is 0 Å². The van der Waals surface area contributed by atoms with Crippen LogP contribution in [0.4, 0.5) is 11.4 Å². The molecule has 0 aromatic heterocycles. The van der Waals surface area contributed by atoms with E-state index in [1.54, 1.807) is 12.1 Å². The third-order valence-electron chi connectivity index (χ3n) is 4.92. The van der Waals surface area contributed by atoms with E-state index < -0.39 is 5.54 Å². The molecule has 0 bridgehead atoms. The van der Waals surface area contributed by atoms with E-state index in [1.165, 1.54) is 0 Å². The van der Waals surface area contributed by atoms with Crippen LogP contribution in [0.3, 0.4) is 0 Å². The first-order valence-corrected chi connectivity index (χ1v) is 9.39. The normalized spacial score (nSPS) is 18.6. The van der Waals surface area contributed by atoms with Crippen LogP contribution in [0.5, 0.6) is 5.75 Å². The van der Waals surface area contributed by atoms with Crippen molar-refractivity contribution in [2.45, 2.75) is 33.2 Å². The lowest BCUT2D eigenvalue weighted by atomic mass is 9.89. The van der Waals surface area contributed by atoms with Crippen LogP contribution < -0.4 is 9.64 Å². The number of rotatable bonds is 3. The van der Waals surface area contributed by atoms with E-state index in [1.807, 2.05) is 49.9 Å². The topological polar surface area (TPSA) is 41.9 Å². The van der Waals surface area contributed by atoms with E-state index in [-0.39, 0.29) is 5.91 Å². The molecule has 2 heterocycles. The highest BCUT2D eigenvalue weighted by Crippen LogP contribution is 2.47. The van der Waals surface area contributed by atoms with Gasteiger partial charge in [0.15, 0.2) is 0 Å². The van der Waals surface area contributed by atoms with Gasteiger partial charge in [0.1, 0.15) is 11.5 Å². The molecule has 27 heavy (non-hydrogen) atoms. The van der Waals surface area contributed by atoms with Crippen molar-refractivity contribution >= 4 is 40.2 Å². The second kappa shape index (κ2) is 6.24. The average molecular weight is 381 g/mol. The van der Waals surface area contributed by atoms with Crippen molar-refractivity contribution in [3.05, 3.63) is 58.6 Å². The van der Waals surface area contributed by atoms with Crippen LogP contribution in [0, 0.1) is 0 Å². The maximum absolute atomic E-state index is 13.3. The number of hydrogen-bond acceptors (Lipinski definition) is 3. The molecule has 2 aromatic rings. The summed E-state index contributed by atoms with van der Waals surface area (Å²) in [4.78, 5) is 19.9. The Bertz CT molecular complexity index is 1000. The molecule has 2 aliphatic heterocycles. The molecule has 0 N–H and O–H groups in total. The summed E-state index contributed by atoms with van der Waals surface area (Å²) in [6.45, 7) is 8.67. The van der Waals surface area contributed by atoms with E-state index in [0.29, 0.717) is 23.0 Å². The lowest BCUT2D eigenvalue weighted by Crippen LogP contribution is -2.47. The molecule has 4 rings (SSSR count). The zero-order valence-corrected chi connectivity index (χ0v) is 16.6. The SMILES string of the molecule is CCOc1cc2c3c(c1)C(=Nc1ccc(Cl)cc1)C(=O)N3C(C)(C)C=C2C. The van der Waals surface area contributed by atoms with Crippen molar-refractivity contribution < 1.29 is 9.53 Å². The van der Waals surface area contributed by atoms with Gasteiger partial charge >= 0.3 is 0 Å². The van der Waals surface area contributed by atoms with Gasteiger partial charge in [-0.3, -0.25) is 9.69 Å². The van der Waals surface area contributed by atoms with Crippen molar-refractivity contribution in [1.29, 1.82) is 0 Å². The van der Waals surface area contributed by atoms with Gasteiger partial charge in [-0.2, -0.15) is 0 Å². The molecular formula is C22H21ClN2O2. The number of allylic oxidation sites excluding steroid dienone is 1. The standard InChI is InChI=1S/C22H21ClN2O2/c1-5-27-16-10-17-13(2)12-22(3,4)25-20(17)18(11-16)19(21(25)26)24-15-8-6-14(23)7-9-15/h6-12H,5H2,1-4H3. The molecule has 2 aliphatic rings. The van der Waals surface area contributed by atoms with Gasteiger partial charge in [-0.1, -0.05) is 17.7 Å². The number of amides is 1. The Kier molecular flexibility index (Phi) is 4.11. The first-order chi connectivity index (χ1) is 12.8. The smallest absolute Gasteiger partial charge is 0.278 e. The maximum Gasteiger partial charge on any atom is 0.278 e. The first kappa shape index (κ1) is 17.8. The van der Waals surface area contributed by atoms with E-state index in [0.717, 1.165) is 28.1 Å². The summed E-state index contributed by atoms with van der Waals surface area (Å²) < 4.78 is 5.75. The number of anilines is 1. The Balaban J connectivity index is 1.96. The molecule has 0 atom stereocenters. The zero-order chi connectivity index (χ0) is 19.3. The number of nitrogens with zero attached hydrogens (tertiary/aromatic N) is 2. The predicted octanol–water partition coefficient (Wildman–Crippen LogP) is 5.40. The monoisotopic (exact) mass is 380 g/mol. The Morgan fingerprint density at radius 1 is 1.15 bits per heavy atom. The number of carbonyl (C=O) groups is 1. The summed E-state index contributed by atoms with van der Waals surface area (Å²) in [6, 6.07) is 11.1. The third-order valence-corrected chi connectivity index (χ3v) is 5.17. The minimum absolute atomic E-state index is 0.0939. The Hall–Kier alpha value is -2.59. The number of benzene rings is 2. The zero-order valence-electron chi connectivity index (χ0n) is 15.8. The number of halogens is 1. The average Bonchev–Trinajstić information content (AvgIpc) is 2.88. The minimum Gasteiger partial charge on any atom is -0.494 e. The quantitative estimate of drug-likeness (QED) is 0.715. The summed E-state index contributed by atoms with van der Waals surface area (Å²) >= 11 is 5.97. The second-order valence-electron chi connectivity index (χ2n) is 7.36. The molecule has 2 aromatic carbocycles. The lowest BCUT2D eigenvalue weighted by Gasteiger charge is -2.38. The number of carbonyl (C=O) groups excluding carboxylic acids is 1. The minimum atomic E-state index is -0.423. The Morgan fingerprint density at radius 3 is 2.48 bits per heavy atom. The molecular weight excluding hydrogens is 360 g/mol. The van der Waals surface area contributed by atoms with E-state index in [4.69, 9.17) is 16.3 Å². The van der Waals surface area contributed by atoms with Gasteiger partial charge in [0.25, 0.3) is 5.91 Å². The van der Waals surface area contributed by atoms with Crippen LogP contribution >= 0.6 is 11.6 Å². The van der Waals surface area contributed by atoms with E-state index in [9.17, 15) is 4.79 Å². The van der Waals surface area contributed by atoms with Gasteiger partial charge in [0, 0.05) is 16.1 Å². The molecule has 0 fully saturated rings. The second-order valence-corrected chi connectivity index (χ2v) is 7.79. The van der Waals surface area contributed by atoms with Crippen molar-refractivity contribution in [3.8, 4) is 5.75 Å². The predicted molar refractivity (Wildman–Crippen MR) is 110 cm³/mol. The fourth-order valence-electron chi connectivity index (χ4n) is 3.88. The van der Waals surface area contributed by atoms with Crippen LogP contribution in [-0.4, -0.2) is 23.8 Å². The van der Waals surface area contributed by atoms with Crippen molar-refractivity contribution in [2.75, 3.05) is 11.5 Å². The Morgan fingerprint density at radius 2 is 1.81 bits per heavy atom. The molecule has 138 valence electrons. The third kappa shape index (κ3) is 2.85. The Labute approximate surface area is 164 Å². The first-order valence-electron chi connectivity index (χ1n) is 9.01. The van der Waals surface area contributed by atoms with Gasteiger partial charge in [0.2, 0.25) is 0 Å². The molecule has 4 nitrogen and oxygen atoms in total. The number of aliphatic imine (C=N–C) groups is 1. The maximum atomic E-state index is 13.3. The largest absolute Gasteiger partial charge is 0.494 e. The summed E-state index contributed by atoms with van der Waals surface area (Å²) in [5, 5.41) is 0.638. The van der Waals surface area contributed by atoms with Crippen LogP contribution in [-0.2, 0) is 4.79 Å². The van der Waals surface area contributed by atoms with Crippen molar-refractivity contribution in [1.82, 2.24) is 0 Å². The van der Waals surface area contributed by atoms with Crippen LogP contribution in [0.25, 0.3) is 5.57 Å². The fourth-order valence-corrected chi connectivity index (χ4v) is 4.00. The van der Waals surface area contributed by atoms with Crippen LogP contribution in [0.1, 0.15) is 38.8 Å². The number of hydrogen-bond donors (Lipinski definition) is 0. The molecule has 0 saturated heterocycles. The van der Waals surface area contributed by atoms with Crippen LogP contribution in [0.15, 0.2) is 47.5 Å². The van der Waals surface area contributed by atoms with Crippen molar-refractivity contribution in [2.24, 2.45) is 4.99 Å². The molecule has 0 saturated carbocycles. The summed E-state index contributed by atoms with van der Waals surface area (Å²) in [5.41, 5.74) is 4.59. The molecule has 0 unspecified atom stereocenters. The lowest BCUT2D eigenvalue weighted by molar-refractivity contribution is -0.112. The highest BCUT2D eigenvalue weighted by atomic mass is 35.5. The molecule has 5 heteroatoms. The fraction of sp³-hybridized carbons (Fsp3) is 0.273. The number of ether oxygens (including phenoxy) is 1. The highest BCUT2D eigenvalue weighted by molar-refractivity contribution is 6.55. The highest BCUT2D eigenvalue weighted by Gasteiger charge is 2.45. The van der Waals surface area contributed by atoms with Gasteiger partial charge in [-0.15, -0.1) is 0 Å². The van der Waals surface area contributed by atoms with Crippen LogP contribution in [0.2, 0.25) is 5.02 Å². The van der Waals surface area contributed by atoms with Gasteiger partial charge < -0.3 is 4.74 Å². The summed E-state index contributed by atoms with van der Waals surface area (Å²) in [7, 11) is 0. The summed E-state index contributed by atoms with van der Waals surface area (Å²) in [6.07, 6.45) is 2.12. The molecule has 1 amide bonds. The molecule has 0 spiro atoms. The summed E-state index contributed by atoms with van der Waals surface area (Å²) in [5.74, 6) is 0.653. The van der Waals surface area contributed by atoms with Crippen molar-refractivity contribution in [3.63, 3.8) is 0 Å². The van der Waals surface area contributed by atoms with E-state index in [2.05, 4.69) is 18.0 Å². The molecule has 0 aliphatic carbocycles. The van der Waals surface area contributed by atoms with Gasteiger partial charge in [-0.25, -0.2) is 4.99 Å². The van der Waals surface area contributed by atoms with Gasteiger partial charge in [-0.05, 0) is 69.7 Å². The van der Waals surface area contributed by atoms with Gasteiger partial charge in [0.05, 0.1) is 23.5 Å². The molecule has 0 radical (unpaired) electrons.